The first kappa shape index (κ1) is 19.5. The zero-order valence-electron chi connectivity index (χ0n) is 16.1. The zero-order chi connectivity index (χ0) is 21.0. The number of hydrogen-bond acceptors (Lipinski definition) is 7. The van der Waals surface area contributed by atoms with E-state index >= 15 is 0 Å². The van der Waals surface area contributed by atoms with Gasteiger partial charge in [0.1, 0.15) is 11.4 Å². The number of alkyl halides is 3. The van der Waals surface area contributed by atoms with Crippen LogP contribution in [0.15, 0.2) is 22.9 Å². The van der Waals surface area contributed by atoms with Crippen LogP contribution >= 0.6 is 0 Å². The minimum atomic E-state index is -4.69. The van der Waals surface area contributed by atoms with Gasteiger partial charge in [0.25, 0.3) is 0 Å². The van der Waals surface area contributed by atoms with Crippen molar-refractivity contribution in [3.05, 3.63) is 24.2 Å². The molecule has 0 N–H and O–H groups in total. The Balaban J connectivity index is 1.43. The van der Waals surface area contributed by atoms with Gasteiger partial charge in [0, 0.05) is 24.8 Å². The Bertz CT molecular complexity index is 907. The summed E-state index contributed by atoms with van der Waals surface area (Å²) in [7, 11) is 0. The molecule has 2 fully saturated rings. The van der Waals surface area contributed by atoms with Crippen LogP contribution in [0.25, 0.3) is 11.4 Å². The Kier molecular flexibility index (Phi) is 4.43. The van der Waals surface area contributed by atoms with Crippen molar-refractivity contribution in [1.29, 1.82) is 0 Å². The Hall–Kier alpha value is -2.85. The highest BCUT2D eigenvalue weighted by Crippen LogP contribution is 2.35. The third-order valence-corrected chi connectivity index (χ3v) is 4.84. The van der Waals surface area contributed by atoms with Crippen molar-refractivity contribution < 1.29 is 27.2 Å². The molecule has 0 aromatic carbocycles. The van der Waals surface area contributed by atoms with E-state index < -0.39 is 17.7 Å². The standard InChI is InChI=1S/C18H20F3N5O3/c1-17(2,3)28-16(27)26-9-11-6-12(26)8-25(11)13-5-4-10(7-22-13)14-23-15(29-24-14)18(19,20)21/h4-5,7,11-12H,6,8-9H2,1-3H3/t11-,12-/m0/s1. The molecular weight excluding hydrogens is 391 g/mol. The van der Waals surface area contributed by atoms with Crippen molar-refractivity contribution in [3.8, 4) is 11.4 Å². The Morgan fingerprint density at radius 3 is 2.48 bits per heavy atom. The largest absolute Gasteiger partial charge is 0.471 e. The van der Waals surface area contributed by atoms with Gasteiger partial charge in [0.15, 0.2) is 0 Å². The number of likely N-dealkylation sites (tertiary alicyclic amines) is 1. The second-order valence-electron chi connectivity index (χ2n) is 8.15. The summed E-state index contributed by atoms with van der Waals surface area (Å²) in [5.41, 5.74) is -0.218. The first-order chi connectivity index (χ1) is 13.5. The summed E-state index contributed by atoms with van der Waals surface area (Å²) in [6.45, 7) is 6.66. The van der Waals surface area contributed by atoms with Crippen LogP contribution in [0.5, 0.6) is 0 Å². The maximum Gasteiger partial charge on any atom is 0.471 e. The van der Waals surface area contributed by atoms with Crippen LogP contribution in [0, 0.1) is 0 Å². The second-order valence-corrected chi connectivity index (χ2v) is 8.15. The molecule has 0 spiro atoms. The van der Waals surface area contributed by atoms with E-state index in [1.165, 1.54) is 6.20 Å². The van der Waals surface area contributed by atoms with Gasteiger partial charge in [-0.05, 0) is 39.3 Å². The van der Waals surface area contributed by atoms with E-state index in [4.69, 9.17) is 4.74 Å². The summed E-state index contributed by atoms with van der Waals surface area (Å²) in [6, 6.07) is 3.47. The minimum Gasteiger partial charge on any atom is -0.444 e. The predicted molar refractivity (Wildman–Crippen MR) is 95.0 cm³/mol. The number of fused-ring (bicyclic) bond motifs is 2. The molecule has 1 amide bonds. The average molecular weight is 411 g/mol. The van der Waals surface area contributed by atoms with Gasteiger partial charge < -0.3 is 19.1 Å². The van der Waals surface area contributed by atoms with Gasteiger partial charge in [-0.2, -0.15) is 18.2 Å². The van der Waals surface area contributed by atoms with Crippen LogP contribution in [0.2, 0.25) is 0 Å². The summed E-state index contributed by atoms with van der Waals surface area (Å²) in [6.07, 6.45) is -2.76. The second kappa shape index (κ2) is 6.60. The molecule has 2 aromatic heterocycles. The number of amides is 1. The predicted octanol–water partition coefficient (Wildman–Crippen LogP) is 3.35. The molecule has 4 rings (SSSR count). The number of halogens is 3. The Labute approximate surface area is 164 Å². The lowest BCUT2D eigenvalue weighted by Crippen LogP contribution is -2.50. The lowest BCUT2D eigenvalue weighted by molar-refractivity contribution is -0.159. The lowest BCUT2D eigenvalue weighted by Gasteiger charge is -2.35. The van der Waals surface area contributed by atoms with E-state index in [1.54, 1.807) is 17.0 Å². The first-order valence-corrected chi connectivity index (χ1v) is 9.15. The quantitative estimate of drug-likeness (QED) is 0.749. The molecule has 0 unspecified atom stereocenters. The van der Waals surface area contributed by atoms with Gasteiger partial charge in [0.2, 0.25) is 5.82 Å². The van der Waals surface area contributed by atoms with Crippen molar-refractivity contribution >= 4 is 11.9 Å². The number of pyridine rings is 1. The molecule has 4 heterocycles. The van der Waals surface area contributed by atoms with Crippen LogP contribution in [-0.4, -0.2) is 56.9 Å². The molecule has 2 aliphatic heterocycles. The highest BCUT2D eigenvalue weighted by Gasteiger charge is 2.47. The van der Waals surface area contributed by atoms with E-state index in [-0.39, 0.29) is 24.0 Å². The smallest absolute Gasteiger partial charge is 0.444 e. The summed E-state index contributed by atoms with van der Waals surface area (Å²) >= 11 is 0. The van der Waals surface area contributed by atoms with E-state index in [9.17, 15) is 18.0 Å². The van der Waals surface area contributed by atoms with Crippen molar-refractivity contribution in [1.82, 2.24) is 20.0 Å². The molecule has 0 saturated carbocycles. The monoisotopic (exact) mass is 411 g/mol. The van der Waals surface area contributed by atoms with Gasteiger partial charge in [-0.15, -0.1) is 0 Å². The van der Waals surface area contributed by atoms with Gasteiger partial charge in [0.05, 0.1) is 12.1 Å². The fourth-order valence-corrected chi connectivity index (χ4v) is 3.64. The Morgan fingerprint density at radius 1 is 1.21 bits per heavy atom. The third-order valence-electron chi connectivity index (χ3n) is 4.84. The topological polar surface area (TPSA) is 84.6 Å². The number of piperazine rings is 1. The molecule has 11 heteroatoms. The summed E-state index contributed by atoms with van der Waals surface area (Å²) < 4.78 is 47.5. The molecule has 8 nitrogen and oxygen atoms in total. The SMILES string of the molecule is CC(C)(C)OC(=O)N1C[C@@H]2C[C@H]1CN2c1ccc(-c2noc(C(F)(F)F)n2)cn1. The van der Waals surface area contributed by atoms with Crippen LogP contribution < -0.4 is 4.90 Å². The molecular formula is C18H20F3N5O3. The molecule has 2 atom stereocenters. The number of ether oxygens (including phenoxy) is 1. The van der Waals surface area contributed by atoms with Crippen molar-refractivity contribution in [2.24, 2.45) is 0 Å². The summed E-state index contributed by atoms with van der Waals surface area (Å²) in [4.78, 5) is 23.9. The number of hydrogen-bond donors (Lipinski definition) is 0. The van der Waals surface area contributed by atoms with Gasteiger partial charge in [-0.3, -0.25) is 0 Å². The van der Waals surface area contributed by atoms with E-state index in [0.29, 0.717) is 24.5 Å². The van der Waals surface area contributed by atoms with Crippen LogP contribution in [-0.2, 0) is 10.9 Å². The fourth-order valence-electron chi connectivity index (χ4n) is 3.64. The minimum absolute atomic E-state index is 0.0443. The van der Waals surface area contributed by atoms with E-state index in [2.05, 4.69) is 24.5 Å². The molecule has 2 bridgehead atoms. The fraction of sp³-hybridized carbons (Fsp3) is 0.556. The average Bonchev–Trinajstić information content (AvgIpc) is 3.34. The highest BCUT2D eigenvalue weighted by atomic mass is 19.4. The highest BCUT2D eigenvalue weighted by molar-refractivity contribution is 5.70. The number of carbonyl (C=O) groups is 1. The van der Waals surface area contributed by atoms with Gasteiger partial charge >= 0.3 is 18.2 Å². The molecule has 0 radical (unpaired) electrons. The zero-order valence-corrected chi connectivity index (χ0v) is 16.1. The van der Waals surface area contributed by atoms with Crippen LogP contribution in [0.3, 0.4) is 0 Å². The van der Waals surface area contributed by atoms with E-state index in [0.717, 1.165) is 6.42 Å². The normalized spacial score (nSPS) is 21.7. The maximum absolute atomic E-state index is 12.6. The Morgan fingerprint density at radius 2 is 1.97 bits per heavy atom. The van der Waals surface area contributed by atoms with Gasteiger partial charge in [-0.25, -0.2) is 9.78 Å². The van der Waals surface area contributed by atoms with Crippen molar-refractivity contribution in [3.63, 3.8) is 0 Å². The third kappa shape index (κ3) is 3.85. The van der Waals surface area contributed by atoms with Crippen LogP contribution in [0.1, 0.15) is 33.1 Å². The molecule has 2 saturated heterocycles. The van der Waals surface area contributed by atoms with Crippen LogP contribution in [0.4, 0.5) is 23.8 Å². The molecule has 156 valence electrons. The summed E-state index contributed by atoms with van der Waals surface area (Å²) in [5.74, 6) is -0.879. The summed E-state index contributed by atoms with van der Waals surface area (Å²) in [5, 5.41) is 3.36. The van der Waals surface area contributed by atoms with E-state index in [1.807, 2.05) is 20.8 Å². The maximum atomic E-state index is 12.6. The molecule has 2 aliphatic rings. The number of nitrogens with zero attached hydrogens (tertiary/aromatic N) is 5. The molecule has 2 aromatic rings. The number of carbonyl (C=O) groups excluding carboxylic acids is 1. The number of rotatable bonds is 2. The molecule has 0 aliphatic carbocycles. The lowest BCUT2D eigenvalue weighted by atomic mass is 10.2. The van der Waals surface area contributed by atoms with Crippen molar-refractivity contribution in [2.75, 3.05) is 18.0 Å². The van der Waals surface area contributed by atoms with Crippen molar-refractivity contribution in [2.45, 2.75) is 51.1 Å². The van der Waals surface area contributed by atoms with Gasteiger partial charge in [-0.1, -0.05) is 5.16 Å². The number of anilines is 1. The first-order valence-electron chi connectivity index (χ1n) is 9.15. The number of aromatic nitrogens is 3. The molecule has 29 heavy (non-hydrogen) atoms.